The third-order valence-electron chi connectivity index (χ3n) is 2.85. The molecule has 0 radical (unpaired) electrons. The predicted octanol–water partition coefficient (Wildman–Crippen LogP) is 2.82. The Hall–Kier alpha value is -0.900. The van der Waals surface area contributed by atoms with Gasteiger partial charge in [-0.2, -0.15) is 0 Å². The minimum Gasteiger partial charge on any atom is -0.378 e. The van der Waals surface area contributed by atoms with Gasteiger partial charge in [0.15, 0.2) is 0 Å². The van der Waals surface area contributed by atoms with Crippen LogP contribution < -0.4 is 0 Å². The minimum atomic E-state index is 0.363. The second-order valence-electron chi connectivity index (χ2n) is 4.21. The monoisotopic (exact) mass is 225 g/mol. The molecular weight excluding hydrogens is 202 g/mol. The fraction of sp³-hybridized carbons (Fsp3) is 0.833. The topological polar surface area (TPSA) is 39.9 Å². The Balaban J connectivity index is 2.19. The molecule has 16 heavy (non-hydrogen) atoms. The number of aromatic nitrogens is 3. The van der Waals surface area contributed by atoms with Gasteiger partial charge in [0.1, 0.15) is 0 Å². The zero-order valence-electron chi connectivity index (χ0n) is 10.6. The van der Waals surface area contributed by atoms with E-state index in [9.17, 15) is 0 Å². The molecule has 0 aliphatic heterocycles. The van der Waals surface area contributed by atoms with Crippen LogP contribution in [0.25, 0.3) is 0 Å². The largest absolute Gasteiger partial charge is 0.378 e. The summed E-state index contributed by atoms with van der Waals surface area (Å²) in [7, 11) is 0. The minimum absolute atomic E-state index is 0.363. The molecule has 0 fully saturated rings. The molecular formula is C12H23N3O. The summed E-state index contributed by atoms with van der Waals surface area (Å²) < 4.78 is 7.72. The summed E-state index contributed by atoms with van der Waals surface area (Å²) in [5.41, 5.74) is 0. The second kappa shape index (κ2) is 7.39. The first-order valence-electron chi connectivity index (χ1n) is 6.25. The SMILES string of the molecule is CCCC(CC)OCCC(C)n1ccnn1. The van der Waals surface area contributed by atoms with E-state index >= 15 is 0 Å². The first-order chi connectivity index (χ1) is 7.77. The second-order valence-corrected chi connectivity index (χ2v) is 4.21. The lowest BCUT2D eigenvalue weighted by Gasteiger charge is -2.17. The van der Waals surface area contributed by atoms with E-state index in [1.54, 1.807) is 6.20 Å². The highest BCUT2D eigenvalue weighted by Crippen LogP contribution is 2.11. The molecule has 1 aromatic heterocycles. The smallest absolute Gasteiger partial charge is 0.0693 e. The summed E-state index contributed by atoms with van der Waals surface area (Å²) in [5.74, 6) is 0. The highest BCUT2D eigenvalue weighted by molar-refractivity contribution is 4.69. The molecule has 0 saturated heterocycles. The predicted molar refractivity (Wildman–Crippen MR) is 64.3 cm³/mol. The van der Waals surface area contributed by atoms with Gasteiger partial charge in [0, 0.05) is 12.8 Å². The van der Waals surface area contributed by atoms with E-state index in [1.807, 2.05) is 10.9 Å². The van der Waals surface area contributed by atoms with Crippen LogP contribution in [0.2, 0.25) is 0 Å². The van der Waals surface area contributed by atoms with Gasteiger partial charge in [0.2, 0.25) is 0 Å². The Bertz CT molecular complexity index is 261. The molecule has 1 aromatic rings. The van der Waals surface area contributed by atoms with Crippen LogP contribution in [0.5, 0.6) is 0 Å². The van der Waals surface area contributed by atoms with Crippen LogP contribution in [-0.2, 0) is 4.74 Å². The molecule has 92 valence electrons. The van der Waals surface area contributed by atoms with Crippen LogP contribution in [0.15, 0.2) is 12.4 Å². The van der Waals surface area contributed by atoms with Gasteiger partial charge in [-0.15, -0.1) is 5.10 Å². The summed E-state index contributed by atoms with van der Waals surface area (Å²) in [6.45, 7) is 7.32. The van der Waals surface area contributed by atoms with Crippen LogP contribution in [-0.4, -0.2) is 27.7 Å². The van der Waals surface area contributed by atoms with Gasteiger partial charge >= 0.3 is 0 Å². The van der Waals surface area contributed by atoms with E-state index in [4.69, 9.17) is 4.74 Å². The Labute approximate surface area is 98.0 Å². The molecule has 2 atom stereocenters. The van der Waals surface area contributed by atoms with Gasteiger partial charge in [-0.1, -0.05) is 25.5 Å². The Kier molecular flexibility index (Phi) is 6.08. The van der Waals surface area contributed by atoms with Crippen molar-refractivity contribution in [1.29, 1.82) is 0 Å². The molecule has 0 aromatic carbocycles. The highest BCUT2D eigenvalue weighted by Gasteiger charge is 2.08. The standard InChI is InChI=1S/C12H23N3O/c1-4-6-12(5-2)16-10-7-11(3)15-9-8-13-14-15/h8-9,11-12H,4-7,10H2,1-3H3. The fourth-order valence-electron chi connectivity index (χ4n) is 1.72. The van der Waals surface area contributed by atoms with Crippen LogP contribution in [0.1, 0.15) is 52.5 Å². The zero-order chi connectivity index (χ0) is 11.8. The van der Waals surface area contributed by atoms with Crippen molar-refractivity contribution in [2.24, 2.45) is 0 Å². The molecule has 2 unspecified atom stereocenters. The van der Waals surface area contributed by atoms with E-state index in [1.165, 1.54) is 6.42 Å². The number of hydrogen-bond acceptors (Lipinski definition) is 3. The third-order valence-corrected chi connectivity index (χ3v) is 2.85. The Morgan fingerprint density at radius 2 is 2.12 bits per heavy atom. The lowest BCUT2D eigenvalue weighted by Crippen LogP contribution is -2.15. The van der Waals surface area contributed by atoms with Crippen LogP contribution in [0, 0.1) is 0 Å². The summed E-state index contributed by atoms with van der Waals surface area (Å²) in [6, 6.07) is 0.363. The zero-order valence-corrected chi connectivity index (χ0v) is 10.6. The van der Waals surface area contributed by atoms with Crippen molar-refractivity contribution < 1.29 is 4.74 Å². The van der Waals surface area contributed by atoms with E-state index in [2.05, 4.69) is 31.1 Å². The summed E-state index contributed by atoms with van der Waals surface area (Å²) >= 11 is 0. The molecule has 1 rings (SSSR count). The van der Waals surface area contributed by atoms with E-state index in [-0.39, 0.29) is 0 Å². The van der Waals surface area contributed by atoms with E-state index in [0.29, 0.717) is 12.1 Å². The Morgan fingerprint density at radius 1 is 1.31 bits per heavy atom. The van der Waals surface area contributed by atoms with Gasteiger partial charge in [-0.3, -0.25) is 0 Å². The number of hydrogen-bond donors (Lipinski definition) is 0. The maximum atomic E-state index is 5.84. The van der Waals surface area contributed by atoms with Gasteiger partial charge < -0.3 is 4.74 Å². The lowest BCUT2D eigenvalue weighted by molar-refractivity contribution is 0.0372. The van der Waals surface area contributed by atoms with Crippen LogP contribution in [0.4, 0.5) is 0 Å². The van der Waals surface area contributed by atoms with Crippen molar-refractivity contribution >= 4 is 0 Å². The molecule has 0 saturated carbocycles. The van der Waals surface area contributed by atoms with Crippen molar-refractivity contribution in [2.45, 2.75) is 58.6 Å². The highest BCUT2D eigenvalue weighted by atomic mass is 16.5. The summed E-state index contributed by atoms with van der Waals surface area (Å²) in [6.07, 6.45) is 8.48. The van der Waals surface area contributed by atoms with Crippen LogP contribution >= 0.6 is 0 Å². The third kappa shape index (κ3) is 4.31. The van der Waals surface area contributed by atoms with Crippen molar-refractivity contribution in [3.63, 3.8) is 0 Å². The molecule has 4 heteroatoms. The average Bonchev–Trinajstić information content (AvgIpc) is 2.81. The van der Waals surface area contributed by atoms with Crippen LogP contribution in [0.3, 0.4) is 0 Å². The van der Waals surface area contributed by atoms with Gasteiger partial charge in [0.05, 0.1) is 18.3 Å². The number of ether oxygens (including phenoxy) is 1. The summed E-state index contributed by atoms with van der Waals surface area (Å²) in [4.78, 5) is 0. The lowest BCUT2D eigenvalue weighted by atomic mass is 10.1. The van der Waals surface area contributed by atoms with Crippen molar-refractivity contribution in [3.8, 4) is 0 Å². The first-order valence-corrected chi connectivity index (χ1v) is 6.25. The molecule has 4 nitrogen and oxygen atoms in total. The van der Waals surface area contributed by atoms with Gasteiger partial charge in [0.25, 0.3) is 0 Å². The average molecular weight is 225 g/mol. The maximum Gasteiger partial charge on any atom is 0.0693 e. The van der Waals surface area contributed by atoms with Gasteiger partial charge in [-0.25, -0.2) is 4.68 Å². The molecule has 0 bridgehead atoms. The fourth-order valence-corrected chi connectivity index (χ4v) is 1.72. The Morgan fingerprint density at radius 3 is 2.69 bits per heavy atom. The molecule has 0 aliphatic carbocycles. The molecule has 0 aliphatic rings. The van der Waals surface area contributed by atoms with Gasteiger partial charge in [-0.05, 0) is 26.2 Å². The normalized spacial score (nSPS) is 14.9. The molecule has 0 spiro atoms. The summed E-state index contributed by atoms with van der Waals surface area (Å²) in [5, 5.41) is 7.79. The number of rotatable bonds is 8. The maximum absolute atomic E-state index is 5.84. The molecule has 0 amide bonds. The first kappa shape index (κ1) is 13.2. The quantitative estimate of drug-likeness (QED) is 0.683. The number of nitrogens with zero attached hydrogens (tertiary/aromatic N) is 3. The molecule has 0 N–H and O–H groups in total. The van der Waals surface area contributed by atoms with E-state index in [0.717, 1.165) is 25.9 Å². The van der Waals surface area contributed by atoms with Crippen molar-refractivity contribution in [2.75, 3.05) is 6.61 Å². The van der Waals surface area contributed by atoms with E-state index < -0.39 is 0 Å². The van der Waals surface area contributed by atoms with Crippen molar-refractivity contribution in [1.82, 2.24) is 15.0 Å². The molecule has 1 heterocycles. The van der Waals surface area contributed by atoms with Crippen molar-refractivity contribution in [3.05, 3.63) is 12.4 Å².